The molecule has 0 aromatic carbocycles. The fourth-order valence-electron chi connectivity index (χ4n) is 1.51. The highest BCUT2D eigenvalue weighted by molar-refractivity contribution is 7.99. The van der Waals surface area contributed by atoms with Gasteiger partial charge in [-0.25, -0.2) is 0 Å². The summed E-state index contributed by atoms with van der Waals surface area (Å²) in [6, 6.07) is 0. The Hall–Kier alpha value is -0.710. The molecule has 1 fully saturated rings. The summed E-state index contributed by atoms with van der Waals surface area (Å²) in [5.74, 6) is 2.03. The summed E-state index contributed by atoms with van der Waals surface area (Å²) in [6.07, 6.45) is 1.24. The number of esters is 1. The molecule has 1 aliphatic rings. The van der Waals surface area contributed by atoms with Crippen molar-refractivity contribution in [2.75, 3.05) is 32.2 Å². The number of methoxy groups -OCH3 is 1. The fraction of sp³-hybridized carbons (Fsp3) is 0.800. The van der Waals surface area contributed by atoms with Gasteiger partial charge in [-0.05, 0) is 12.2 Å². The minimum Gasteiger partial charge on any atom is -0.469 e. The summed E-state index contributed by atoms with van der Waals surface area (Å²) >= 11 is 1.82. The van der Waals surface area contributed by atoms with Crippen molar-refractivity contribution in [3.8, 4) is 0 Å². The van der Waals surface area contributed by atoms with Gasteiger partial charge in [0.15, 0.2) is 0 Å². The first kappa shape index (κ1) is 12.4. The van der Waals surface area contributed by atoms with E-state index >= 15 is 0 Å². The smallest absolute Gasteiger partial charge is 0.307 e. The van der Waals surface area contributed by atoms with Gasteiger partial charge in [0.1, 0.15) is 0 Å². The Morgan fingerprint density at radius 1 is 1.53 bits per heavy atom. The van der Waals surface area contributed by atoms with Gasteiger partial charge in [-0.3, -0.25) is 9.59 Å². The van der Waals surface area contributed by atoms with Crippen molar-refractivity contribution in [1.29, 1.82) is 0 Å². The molecule has 0 spiro atoms. The van der Waals surface area contributed by atoms with Crippen molar-refractivity contribution in [2.45, 2.75) is 12.8 Å². The van der Waals surface area contributed by atoms with Crippen molar-refractivity contribution >= 4 is 23.6 Å². The van der Waals surface area contributed by atoms with Crippen LogP contribution in [0.4, 0.5) is 0 Å². The van der Waals surface area contributed by atoms with E-state index in [0.717, 1.165) is 17.9 Å². The quantitative estimate of drug-likeness (QED) is 0.670. The largest absolute Gasteiger partial charge is 0.469 e. The SMILES string of the molecule is COC(=O)CCN(C)C(=O)C1CCSC1. The Bertz CT molecular complexity index is 239. The van der Waals surface area contributed by atoms with Crippen LogP contribution in [0.2, 0.25) is 0 Å². The minimum atomic E-state index is -0.268. The molecule has 0 saturated carbocycles. The third-order valence-corrected chi connectivity index (χ3v) is 3.70. The highest BCUT2D eigenvalue weighted by atomic mass is 32.2. The molecule has 86 valence electrons. The van der Waals surface area contributed by atoms with E-state index in [4.69, 9.17) is 0 Å². The molecule has 5 heteroatoms. The van der Waals surface area contributed by atoms with Crippen LogP contribution in [0.25, 0.3) is 0 Å². The second-order valence-corrected chi connectivity index (χ2v) is 4.80. The van der Waals surface area contributed by atoms with Crippen LogP contribution in [0.5, 0.6) is 0 Å². The minimum absolute atomic E-state index is 0.151. The highest BCUT2D eigenvalue weighted by Crippen LogP contribution is 2.24. The summed E-state index contributed by atoms with van der Waals surface area (Å²) in [4.78, 5) is 24.3. The van der Waals surface area contributed by atoms with Gasteiger partial charge in [0.05, 0.1) is 13.5 Å². The zero-order chi connectivity index (χ0) is 11.3. The molecule has 0 aromatic rings. The molecule has 0 bridgehead atoms. The molecule has 1 rings (SSSR count). The second kappa shape index (κ2) is 6.00. The topological polar surface area (TPSA) is 46.6 Å². The number of thioether (sulfide) groups is 1. The van der Waals surface area contributed by atoms with Crippen molar-refractivity contribution in [3.05, 3.63) is 0 Å². The third-order valence-electron chi connectivity index (χ3n) is 2.53. The van der Waals surface area contributed by atoms with Gasteiger partial charge in [-0.2, -0.15) is 11.8 Å². The van der Waals surface area contributed by atoms with Gasteiger partial charge in [0.25, 0.3) is 0 Å². The Kier molecular flexibility index (Phi) is 4.94. The van der Waals surface area contributed by atoms with Crippen molar-refractivity contribution in [3.63, 3.8) is 0 Å². The fourth-order valence-corrected chi connectivity index (χ4v) is 2.72. The number of amides is 1. The lowest BCUT2D eigenvalue weighted by Crippen LogP contribution is -2.34. The third kappa shape index (κ3) is 3.74. The van der Waals surface area contributed by atoms with Gasteiger partial charge in [0, 0.05) is 25.3 Å². The van der Waals surface area contributed by atoms with E-state index in [1.807, 2.05) is 11.8 Å². The molecule has 0 aliphatic carbocycles. The van der Waals surface area contributed by atoms with E-state index < -0.39 is 0 Å². The maximum atomic E-state index is 11.8. The summed E-state index contributed by atoms with van der Waals surface area (Å²) in [7, 11) is 3.10. The van der Waals surface area contributed by atoms with Crippen LogP contribution in [0, 0.1) is 5.92 Å². The number of carbonyl (C=O) groups excluding carboxylic acids is 2. The van der Waals surface area contributed by atoms with Crippen molar-refractivity contribution in [2.24, 2.45) is 5.92 Å². The molecule has 1 saturated heterocycles. The summed E-state index contributed by atoms with van der Waals surface area (Å²) in [5, 5.41) is 0. The highest BCUT2D eigenvalue weighted by Gasteiger charge is 2.25. The first-order valence-corrected chi connectivity index (χ1v) is 6.20. The van der Waals surface area contributed by atoms with Crippen LogP contribution >= 0.6 is 11.8 Å². The van der Waals surface area contributed by atoms with E-state index in [0.29, 0.717) is 6.54 Å². The molecule has 0 N–H and O–H groups in total. The predicted molar refractivity (Wildman–Crippen MR) is 59.7 cm³/mol. The Labute approximate surface area is 94.3 Å². The first-order chi connectivity index (χ1) is 7.15. The number of ether oxygens (including phenoxy) is 1. The summed E-state index contributed by atoms with van der Waals surface area (Å²) in [5.41, 5.74) is 0. The number of hydrogen-bond donors (Lipinski definition) is 0. The van der Waals surface area contributed by atoms with Crippen molar-refractivity contribution < 1.29 is 14.3 Å². The zero-order valence-electron chi connectivity index (χ0n) is 9.19. The van der Waals surface area contributed by atoms with E-state index in [1.165, 1.54) is 7.11 Å². The van der Waals surface area contributed by atoms with Crippen LogP contribution in [0.3, 0.4) is 0 Å². The maximum absolute atomic E-state index is 11.8. The standard InChI is InChI=1S/C10H17NO3S/c1-11(5-3-9(12)14-2)10(13)8-4-6-15-7-8/h8H,3-7H2,1-2H3. The monoisotopic (exact) mass is 231 g/mol. The molecule has 1 atom stereocenters. The van der Waals surface area contributed by atoms with Gasteiger partial charge in [-0.15, -0.1) is 0 Å². The Morgan fingerprint density at radius 2 is 2.27 bits per heavy atom. The number of carbonyl (C=O) groups is 2. The second-order valence-electron chi connectivity index (χ2n) is 3.65. The van der Waals surface area contributed by atoms with Gasteiger partial charge in [0.2, 0.25) is 5.91 Å². The maximum Gasteiger partial charge on any atom is 0.307 e. The molecule has 4 nitrogen and oxygen atoms in total. The molecule has 0 radical (unpaired) electrons. The zero-order valence-corrected chi connectivity index (χ0v) is 10.0. The normalized spacial score (nSPS) is 20.0. The molecular weight excluding hydrogens is 214 g/mol. The van der Waals surface area contributed by atoms with Gasteiger partial charge >= 0.3 is 5.97 Å². The van der Waals surface area contributed by atoms with Crippen LogP contribution in [-0.4, -0.2) is 49.0 Å². The molecule has 1 heterocycles. The van der Waals surface area contributed by atoms with E-state index in [1.54, 1.807) is 11.9 Å². The van der Waals surface area contributed by atoms with Crippen LogP contribution in [0.1, 0.15) is 12.8 Å². The van der Waals surface area contributed by atoms with Gasteiger partial charge < -0.3 is 9.64 Å². The Balaban J connectivity index is 2.29. The van der Waals surface area contributed by atoms with Crippen LogP contribution in [-0.2, 0) is 14.3 Å². The molecule has 0 aromatic heterocycles. The van der Waals surface area contributed by atoms with E-state index in [2.05, 4.69) is 4.74 Å². The molecule has 1 aliphatic heterocycles. The number of hydrogen-bond acceptors (Lipinski definition) is 4. The van der Waals surface area contributed by atoms with Crippen LogP contribution < -0.4 is 0 Å². The first-order valence-electron chi connectivity index (χ1n) is 5.04. The summed E-state index contributed by atoms with van der Waals surface area (Å²) in [6.45, 7) is 0.451. The number of rotatable bonds is 4. The molecular formula is C10H17NO3S. The van der Waals surface area contributed by atoms with E-state index in [-0.39, 0.29) is 24.2 Å². The molecule has 1 unspecified atom stereocenters. The lowest BCUT2D eigenvalue weighted by atomic mass is 10.1. The van der Waals surface area contributed by atoms with E-state index in [9.17, 15) is 9.59 Å². The predicted octanol–water partition coefficient (Wildman–Crippen LogP) is 0.761. The average Bonchev–Trinajstić information content (AvgIpc) is 2.77. The molecule has 1 amide bonds. The lowest BCUT2D eigenvalue weighted by Gasteiger charge is -2.19. The average molecular weight is 231 g/mol. The summed E-state index contributed by atoms with van der Waals surface area (Å²) < 4.78 is 4.52. The van der Waals surface area contributed by atoms with Gasteiger partial charge in [-0.1, -0.05) is 0 Å². The van der Waals surface area contributed by atoms with Crippen molar-refractivity contribution in [1.82, 2.24) is 4.90 Å². The lowest BCUT2D eigenvalue weighted by molar-refractivity contribution is -0.141. The Morgan fingerprint density at radius 3 is 2.80 bits per heavy atom. The van der Waals surface area contributed by atoms with Crippen LogP contribution in [0.15, 0.2) is 0 Å². The number of nitrogens with zero attached hydrogens (tertiary/aromatic N) is 1. The molecule has 15 heavy (non-hydrogen) atoms.